The molecule has 8 aromatic rings. The first-order valence-corrected chi connectivity index (χ1v) is 12.2. The lowest BCUT2D eigenvalue weighted by atomic mass is 9.93. The lowest BCUT2D eigenvalue weighted by molar-refractivity contribution is 0.262. The molecule has 0 heterocycles. The van der Waals surface area contributed by atoms with Gasteiger partial charge < -0.3 is 10.6 Å². The van der Waals surface area contributed by atoms with Gasteiger partial charge >= 0.3 is 6.03 Å². The van der Waals surface area contributed by atoms with E-state index in [0.717, 1.165) is 22.1 Å². The van der Waals surface area contributed by atoms with Gasteiger partial charge in [0.1, 0.15) is 0 Å². The van der Waals surface area contributed by atoms with Gasteiger partial charge in [-0.1, -0.05) is 97.1 Å². The molecule has 168 valence electrons. The topological polar surface area (TPSA) is 41.1 Å². The van der Waals surface area contributed by atoms with Crippen LogP contribution in [0.1, 0.15) is 0 Å². The van der Waals surface area contributed by atoms with E-state index in [1.54, 1.807) is 0 Å². The number of urea groups is 1. The molecule has 2 amide bonds. The van der Waals surface area contributed by atoms with E-state index in [-0.39, 0.29) is 6.03 Å². The SMILES string of the molecule is O=C(Nc1ccc2ccc3cccc4ccc1c2c34)Nc1ccc2ccc3cccc4ccc1c2c34. The molecule has 0 spiro atoms. The predicted octanol–water partition coefficient (Wildman–Crippen LogP) is 9.13. The van der Waals surface area contributed by atoms with Crippen molar-refractivity contribution < 1.29 is 4.79 Å². The first kappa shape index (κ1) is 19.4. The van der Waals surface area contributed by atoms with Gasteiger partial charge in [0, 0.05) is 10.8 Å². The third kappa shape index (κ3) is 2.65. The summed E-state index contributed by atoms with van der Waals surface area (Å²) in [5.41, 5.74) is 1.60. The maximum Gasteiger partial charge on any atom is 0.323 e. The van der Waals surface area contributed by atoms with Gasteiger partial charge in [0.25, 0.3) is 0 Å². The van der Waals surface area contributed by atoms with Crippen LogP contribution >= 0.6 is 0 Å². The predicted molar refractivity (Wildman–Crippen MR) is 153 cm³/mol. The zero-order chi connectivity index (χ0) is 23.8. The highest BCUT2D eigenvalue weighted by atomic mass is 16.2. The largest absolute Gasteiger partial charge is 0.323 e. The molecular formula is C33H20N2O. The maximum atomic E-state index is 13.3. The summed E-state index contributed by atoms with van der Waals surface area (Å²) in [5, 5.41) is 20.4. The molecular weight excluding hydrogens is 440 g/mol. The minimum atomic E-state index is -0.250. The van der Waals surface area contributed by atoms with Crippen LogP contribution in [0.3, 0.4) is 0 Å². The molecule has 8 rings (SSSR count). The Bertz CT molecular complexity index is 1940. The minimum Gasteiger partial charge on any atom is -0.307 e. The molecule has 0 bridgehead atoms. The molecule has 0 saturated heterocycles. The Morgan fingerprint density at radius 3 is 1.14 bits per heavy atom. The van der Waals surface area contributed by atoms with Gasteiger partial charge in [0.15, 0.2) is 0 Å². The summed E-state index contributed by atoms with van der Waals surface area (Å²) in [6, 6.07) is 37.8. The Hall–Kier alpha value is -4.89. The van der Waals surface area contributed by atoms with E-state index >= 15 is 0 Å². The van der Waals surface area contributed by atoms with Crippen molar-refractivity contribution in [2.24, 2.45) is 0 Å². The molecule has 8 aromatic carbocycles. The molecule has 0 fully saturated rings. The molecule has 36 heavy (non-hydrogen) atoms. The Kier molecular flexibility index (Phi) is 3.81. The van der Waals surface area contributed by atoms with Crippen LogP contribution in [0.2, 0.25) is 0 Å². The van der Waals surface area contributed by atoms with Crippen molar-refractivity contribution in [3.8, 4) is 0 Å². The number of carbonyl (C=O) groups excluding carboxylic acids is 1. The monoisotopic (exact) mass is 460 g/mol. The Morgan fingerprint density at radius 1 is 0.389 bits per heavy atom. The number of anilines is 2. The van der Waals surface area contributed by atoms with E-state index in [9.17, 15) is 4.79 Å². The van der Waals surface area contributed by atoms with Crippen LogP contribution < -0.4 is 10.6 Å². The number of benzene rings is 8. The van der Waals surface area contributed by atoms with Crippen LogP contribution in [-0.4, -0.2) is 6.03 Å². The molecule has 0 aromatic heterocycles. The standard InChI is InChI=1S/C33H20N2O/c36-33(34-27-17-13-23-9-7-19-3-1-5-21-11-15-25(27)31(23)29(19)21)35-28-18-14-24-10-8-20-4-2-6-22-12-16-26(28)32(24)30(20)22/h1-18H,(H2,34,35,36). The smallest absolute Gasteiger partial charge is 0.307 e. The normalized spacial score (nSPS) is 12.0. The summed E-state index contributed by atoms with van der Waals surface area (Å²) in [7, 11) is 0. The van der Waals surface area contributed by atoms with Crippen LogP contribution in [0.5, 0.6) is 0 Å². The minimum absolute atomic E-state index is 0.250. The second-order valence-corrected chi connectivity index (χ2v) is 9.52. The molecule has 3 heteroatoms. The fraction of sp³-hybridized carbons (Fsp3) is 0. The molecule has 0 saturated carbocycles. The Labute approximate surface area is 206 Å². The van der Waals surface area contributed by atoms with Gasteiger partial charge in [-0.3, -0.25) is 0 Å². The van der Waals surface area contributed by atoms with E-state index in [0.29, 0.717) is 0 Å². The lowest BCUT2D eigenvalue weighted by Crippen LogP contribution is -2.19. The average Bonchev–Trinajstić information content (AvgIpc) is 2.92. The third-order valence-corrected chi connectivity index (χ3v) is 7.55. The van der Waals surface area contributed by atoms with Crippen LogP contribution in [0.4, 0.5) is 16.2 Å². The van der Waals surface area contributed by atoms with Crippen molar-refractivity contribution in [3.05, 3.63) is 109 Å². The lowest BCUT2D eigenvalue weighted by Gasteiger charge is -2.16. The summed E-state index contributed by atoms with van der Waals surface area (Å²) in [4.78, 5) is 13.3. The number of amides is 2. The summed E-state index contributed by atoms with van der Waals surface area (Å²) in [6.45, 7) is 0. The van der Waals surface area contributed by atoms with E-state index in [1.165, 1.54) is 53.9 Å². The summed E-state index contributed by atoms with van der Waals surface area (Å²) >= 11 is 0. The van der Waals surface area contributed by atoms with Crippen LogP contribution in [0.15, 0.2) is 109 Å². The molecule has 0 radical (unpaired) electrons. The molecule has 0 unspecified atom stereocenters. The highest BCUT2D eigenvalue weighted by Crippen LogP contribution is 2.39. The molecule has 0 atom stereocenters. The van der Waals surface area contributed by atoms with Gasteiger partial charge in [-0.05, 0) is 66.0 Å². The first-order valence-electron chi connectivity index (χ1n) is 12.2. The maximum absolute atomic E-state index is 13.3. The first-order chi connectivity index (χ1) is 17.7. The molecule has 0 aliphatic rings. The fourth-order valence-corrected chi connectivity index (χ4v) is 5.96. The van der Waals surface area contributed by atoms with E-state index in [2.05, 4.69) is 108 Å². The Balaban J connectivity index is 1.22. The van der Waals surface area contributed by atoms with Crippen LogP contribution in [-0.2, 0) is 0 Å². The van der Waals surface area contributed by atoms with Gasteiger partial charge in [-0.25, -0.2) is 4.79 Å². The highest BCUT2D eigenvalue weighted by molar-refractivity contribution is 6.28. The second kappa shape index (κ2) is 7.06. The fourth-order valence-electron chi connectivity index (χ4n) is 5.96. The second-order valence-electron chi connectivity index (χ2n) is 9.52. The van der Waals surface area contributed by atoms with Crippen molar-refractivity contribution in [3.63, 3.8) is 0 Å². The Morgan fingerprint density at radius 2 is 0.722 bits per heavy atom. The average molecular weight is 461 g/mol. The zero-order valence-electron chi connectivity index (χ0n) is 19.3. The summed E-state index contributed by atoms with van der Waals surface area (Å²) in [6.07, 6.45) is 0. The van der Waals surface area contributed by atoms with E-state index < -0.39 is 0 Å². The summed E-state index contributed by atoms with van der Waals surface area (Å²) in [5.74, 6) is 0. The molecule has 0 aliphatic carbocycles. The quantitative estimate of drug-likeness (QED) is 0.248. The third-order valence-electron chi connectivity index (χ3n) is 7.55. The van der Waals surface area contributed by atoms with Gasteiger partial charge in [-0.15, -0.1) is 0 Å². The van der Waals surface area contributed by atoms with Gasteiger partial charge in [0.2, 0.25) is 0 Å². The number of rotatable bonds is 2. The highest BCUT2D eigenvalue weighted by Gasteiger charge is 2.15. The van der Waals surface area contributed by atoms with Crippen molar-refractivity contribution in [1.82, 2.24) is 0 Å². The van der Waals surface area contributed by atoms with Crippen LogP contribution in [0.25, 0.3) is 64.6 Å². The van der Waals surface area contributed by atoms with Gasteiger partial charge in [-0.2, -0.15) is 0 Å². The van der Waals surface area contributed by atoms with Crippen LogP contribution in [0, 0.1) is 0 Å². The van der Waals surface area contributed by atoms with Gasteiger partial charge in [0.05, 0.1) is 11.4 Å². The molecule has 3 nitrogen and oxygen atoms in total. The van der Waals surface area contributed by atoms with Crippen molar-refractivity contribution in [2.45, 2.75) is 0 Å². The van der Waals surface area contributed by atoms with Crippen molar-refractivity contribution in [2.75, 3.05) is 10.6 Å². The number of hydrogen-bond acceptors (Lipinski definition) is 1. The number of nitrogens with one attached hydrogen (secondary N) is 2. The van der Waals surface area contributed by atoms with Crippen molar-refractivity contribution in [1.29, 1.82) is 0 Å². The number of carbonyl (C=O) groups is 1. The van der Waals surface area contributed by atoms with E-state index in [4.69, 9.17) is 0 Å². The van der Waals surface area contributed by atoms with Crippen molar-refractivity contribution >= 4 is 82.0 Å². The van der Waals surface area contributed by atoms with E-state index in [1.807, 2.05) is 12.1 Å². The molecule has 0 aliphatic heterocycles. The summed E-state index contributed by atoms with van der Waals surface area (Å²) < 4.78 is 0. The zero-order valence-corrected chi connectivity index (χ0v) is 19.3. The molecule has 2 N–H and O–H groups in total. The number of hydrogen-bond donors (Lipinski definition) is 2.